The second-order valence-corrected chi connectivity index (χ2v) is 5.46. The molecule has 0 bridgehead atoms. The van der Waals surface area contributed by atoms with Crippen LogP contribution in [0, 0.1) is 0 Å². The second kappa shape index (κ2) is 12.2. The molecule has 1 aromatic heterocycles. The number of benzene rings is 1. The molecule has 1 aromatic carbocycles. The van der Waals surface area contributed by atoms with Gasteiger partial charge in [-0.25, -0.2) is 4.98 Å². The highest BCUT2D eigenvalue weighted by molar-refractivity contribution is 14.0. The fourth-order valence-corrected chi connectivity index (χ4v) is 2.43. The fraction of sp³-hybridized carbons (Fsp3) is 0.368. The Balaban J connectivity index is 0.00000364. The zero-order chi connectivity index (χ0) is 18.8. The molecule has 0 saturated carbocycles. The van der Waals surface area contributed by atoms with Gasteiger partial charge in [0.25, 0.3) is 0 Å². The maximum atomic E-state index is 5.33. The number of ether oxygens (including phenoxy) is 3. The molecule has 0 unspecified atom stereocenters. The number of aromatic nitrogens is 1. The average molecular weight is 486 g/mol. The smallest absolute Gasteiger partial charge is 0.213 e. The minimum absolute atomic E-state index is 0. The quantitative estimate of drug-likeness (QED) is 0.340. The molecule has 0 saturated heterocycles. The van der Waals surface area contributed by atoms with Crippen molar-refractivity contribution in [2.24, 2.45) is 4.99 Å². The Kier molecular flexibility index (Phi) is 10.3. The molecule has 148 valence electrons. The number of hydrogen-bond acceptors (Lipinski definition) is 5. The van der Waals surface area contributed by atoms with Crippen molar-refractivity contribution >= 4 is 29.9 Å². The van der Waals surface area contributed by atoms with Gasteiger partial charge in [-0.05, 0) is 30.2 Å². The van der Waals surface area contributed by atoms with Crippen molar-refractivity contribution in [2.45, 2.75) is 13.0 Å². The summed E-state index contributed by atoms with van der Waals surface area (Å²) in [5.74, 6) is 2.78. The molecule has 2 N–H and O–H groups in total. The molecule has 1 heterocycles. The Labute approximate surface area is 177 Å². The maximum Gasteiger partial charge on any atom is 0.213 e. The Morgan fingerprint density at radius 1 is 1.00 bits per heavy atom. The van der Waals surface area contributed by atoms with E-state index in [9.17, 15) is 0 Å². The van der Waals surface area contributed by atoms with Gasteiger partial charge in [-0.1, -0.05) is 12.1 Å². The topological polar surface area (TPSA) is 77.0 Å². The Morgan fingerprint density at radius 3 is 2.44 bits per heavy atom. The van der Waals surface area contributed by atoms with Gasteiger partial charge < -0.3 is 24.8 Å². The first kappa shape index (κ1) is 22.8. The second-order valence-electron chi connectivity index (χ2n) is 5.46. The third-order valence-corrected chi connectivity index (χ3v) is 3.80. The molecule has 7 nitrogen and oxygen atoms in total. The number of guanidine groups is 1. The van der Waals surface area contributed by atoms with Crippen molar-refractivity contribution in [2.75, 3.05) is 34.9 Å². The summed E-state index contributed by atoms with van der Waals surface area (Å²) in [7, 11) is 6.61. The molecule has 0 aliphatic carbocycles. The van der Waals surface area contributed by atoms with Crippen LogP contribution in [0.5, 0.6) is 17.4 Å². The van der Waals surface area contributed by atoms with E-state index in [4.69, 9.17) is 14.2 Å². The molecule has 0 aliphatic rings. The van der Waals surface area contributed by atoms with E-state index in [0.717, 1.165) is 41.7 Å². The van der Waals surface area contributed by atoms with Crippen LogP contribution in [0.1, 0.15) is 11.3 Å². The summed E-state index contributed by atoms with van der Waals surface area (Å²) in [6.07, 6.45) is 0.832. The number of hydrogen-bond donors (Lipinski definition) is 2. The van der Waals surface area contributed by atoms with Gasteiger partial charge in [-0.3, -0.25) is 4.99 Å². The van der Waals surface area contributed by atoms with Gasteiger partial charge in [-0.2, -0.15) is 0 Å². The standard InChI is InChI=1S/C19H26N4O3.HI/c1-20-19(22-13-15-6-5-7-18(23-15)26-4)21-11-10-14-8-9-16(24-2)17(12-14)25-3;/h5-9,12H,10-11,13H2,1-4H3,(H2,20,21,22);1H. The lowest BCUT2D eigenvalue weighted by molar-refractivity contribution is 0.354. The Bertz CT molecular complexity index is 741. The largest absolute Gasteiger partial charge is 0.493 e. The zero-order valence-corrected chi connectivity index (χ0v) is 18.4. The first-order valence-electron chi connectivity index (χ1n) is 8.35. The number of aliphatic imine (C=N–C) groups is 1. The molecule has 2 rings (SSSR count). The van der Waals surface area contributed by atoms with Gasteiger partial charge in [0.1, 0.15) is 0 Å². The molecule has 8 heteroatoms. The highest BCUT2D eigenvalue weighted by atomic mass is 127. The van der Waals surface area contributed by atoms with Crippen LogP contribution in [0.15, 0.2) is 41.4 Å². The number of pyridine rings is 1. The average Bonchev–Trinajstić information content (AvgIpc) is 2.70. The summed E-state index contributed by atoms with van der Waals surface area (Å²) in [5.41, 5.74) is 2.03. The molecule has 27 heavy (non-hydrogen) atoms. The summed E-state index contributed by atoms with van der Waals surface area (Å²) in [6.45, 7) is 1.30. The molecular weight excluding hydrogens is 459 g/mol. The summed E-state index contributed by atoms with van der Waals surface area (Å²) in [6, 6.07) is 11.6. The SMILES string of the molecule is CN=C(NCCc1ccc(OC)c(OC)c1)NCc1cccc(OC)n1.I. The third-order valence-electron chi connectivity index (χ3n) is 3.80. The normalized spacial score (nSPS) is 10.6. The summed E-state index contributed by atoms with van der Waals surface area (Å²) < 4.78 is 15.7. The number of halogens is 1. The van der Waals surface area contributed by atoms with Gasteiger partial charge in [-0.15, -0.1) is 24.0 Å². The maximum absolute atomic E-state index is 5.33. The third kappa shape index (κ3) is 7.12. The van der Waals surface area contributed by atoms with E-state index in [-0.39, 0.29) is 24.0 Å². The van der Waals surface area contributed by atoms with E-state index in [2.05, 4.69) is 20.6 Å². The summed E-state index contributed by atoms with van der Waals surface area (Å²) in [5, 5.41) is 6.53. The molecule has 0 fully saturated rings. The molecule has 2 aromatic rings. The number of methoxy groups -OCH3 is 3. The van der Waals surface area contributed by atoms with Crippen LogP contribution in [-0.4, -0.2) is 45.9 Å². The van der Waals surface area contributed by atoms with Gasteiger partial charge in [0, 0.05) is 19.7 Å². The van der Waals surface area contributed by atoms with Crippen molar-refractivity contribution in [3.05, 3.63) is 47.7 Å². The van der Waals surface area contributed by atoms with E-state index >= 15 is 0 Å². The molecule has 0 spiro atoms. The van der Waals surface area contributed by atoms with Gasteiger partial charge >= 0.3 is 0 Å². The molecular formula is C19H27IN4O3. The van der Waals surface area contributed by atoms with Crippen molar-refractivity contribution < 1.29 is 14.2 Å². The van der Waals surface area contributed by atoms with Crippen LogP contribution in [0.25, 0.3) is 0 Å². The van der Waals surface area contributed by atoms with Crippen molar-refractivity contribution in [3.63, 3.8) is 0 Å². The predicted octanol–water partition coefficient (Wildman–Crippen LogP) is 2.63. The van der Waals surface area contributed by atoms with Gasteiger partial charge in [0.15, 0.2) is 17.5 Å². The highest BCUT2D eigenvalue weighted by Gasteiger charge is 2.05. The molecule has 0 aliphatic heterocycles. The van der Waals surface area contributed by atoms with Gasteiger partial charge in [0.05, 0.1) is 33.6 Å². The molecule has 0 radical (unpaired) electrons. The van der Waals surface area contributed by atoms with Crippen molar-refractivity contribution in [1.29, 1.82) is 0 Å². The van der Waals surface area contributed by atoms with Crippen LogP contribution in [-0.2, 0) is 13.0 Å². The van der Waals surface area contributed by atoms with Crippen molar-refractivity contribution in [3.8, 4) is 17.4 Å². The number of rotatable bonds is 8. The van der Waals surface area contributed by atoms with E-state index in [0.29, 0.717) is 12.4 Å². The van der Waals surface area contributed by atoms with Gasteiger partial charge in [0.2, 0.25) is 5.88 Å². The lowest BCUT2D eigenvalue weighted by Crippen LogP contribution is -2.38. The summed E-state index contributed by atoms with van der Waals surface area (Å²) in [4.78, 5) is 8.60. The Hall–Kier alpha value is -2.23. The van der Waals surface area contributed by atoms with E-state index in [1.165, 1.54) is 0 Å². The minimum Gasteiger partial charge on any atom is -0.493 e. The minimum atomic E-state index is 0. The van der Waals surface area contributed by atoms with E-state index in [1.54, 1.807) is 28.4 Å². The first-order valence-corrected chi connectivity index (χ1v) is 8.35. The highest BCUT2D eigenvalue weighted by Crippen LogP contribution is 2.27. The van der Waals surface area contributed by atoms with Crippen LogP contribution in [0.3, 0.4) is 0 Å². The first-order chi connectivity index (χ1) is 12.7. The van der Waals surface area contributed by atoms with Crippen molar-refractivity contribution in [1.82, 2.24) is 15.6 Å². The summed E-state index contributed by atoms with van der Waals surface area (Å²) >= 11 is 0. The van der Waals surface area contributed by atoms with E-state index in [1.807, 2.05) is 36.4 Å². The predicted molar refractivity (Wildman–Crippen MR) is 118 cm³/mol. The Morgan fingerprint density at radius 2 is 1.78 bits per heavy atom. The van der Waals surface area contributed by atoms with Crippen LogP contribution in [0.2, 0.25) is 0 Å². The van der Waals surface area contributed by atoms with Crippen LogP contribution >= 0.6 is 24.0 Å². The number of nitrogens with one attached hydrogen (secondary N) is 2. The number of nitrogens with zero attached hydrogens (tertiary/aromatic N) is 2. The van der Waals surface area contributed by atoms with E-state index < -0.39 is 0 Å². The molecule has 0 atom stereocenters. The van der Waals surface area contributed by atoms with Crippen LogP contribution < -0.4 is 24.8 Å². The lowest BCUT2D eigenvalue weighted by atomic mass is 10.1. The zero-order valence-electron chi connectivity index (χ0n) is 16.1. The monoisotopic (exact) mass is 486 g/mol. The lowest BCUT2D eigenvalue weighted by Gasteiger charge is -2.13. The molecule has 0 amide bonds. The fourth-order valence-electron chi connectivity index (χ4n) is 2.43. The van der Waals surface area contributed by atoms with Crippen LogP contribution in [0.4, 0.5) is 0 Å².